The Bertz CT molecular complexity index is 1940. The molecule has 12 heteroatoms. The second-order valence-electron chi connectivity index (χ2n) is 12.9. The maximum absolute atomic E-state index is 14.0. The summed E-state index contributed by atoms with van der Waals surface area (Å²) in [7, 11) is -2.22. The average molecular weight is 730 g/mol. The van der Waals surface area contributed by atoms with Crippen molar-refractivity contribution in [2.45, 2.75) is 29.2 Å². The fourth-order valence-electron chi connectivity index (χ4n) is 7.14. The van der Waals surface area contributed by atoms with Gasteiger partial charge in [0.2, 0.25) is 15.9 Å². The number of benzene rings is 4. The van der Waals surface area contributed by atoms with Crippen LogP contribution < -0.4 is 9.64 Å². The summed E-state index contributed by atoms with van der Waals surface area (Å²) in [6.07, 6.45) is 1.06. The number of amides is 1. The van der Waals surface area contributed by atoms with Crippen molar-refractivity contribution in [3.05, 3.63) is 103 Å². The number of thiocarbonyl (C=S) groups is 1. The van der Waals surface area contributed by atoms with E-state index < -0.39 is 16.1 Å². The third-order valence-electron chi connectivity index (χ3n) is 9.91. The van der Waals surface area contributed by atoms with E-state index in [2.05, 4.69) is 51.1 Å². The van der Waals surface area contributed by atoms with Crippen LogP contribution in [0.2, 0.25) is 0 Å². The third kappa shape index (κ3) is 7.22. The first-order valence-corrected chi connectivity index (χ1v) is 20.2. The molecule has 3 aliphatic rings. The number of carbonyl (C=O) groups is 1. The quantitative estimate of drug-likeness (QED) is 0.202. The Balaban J connectivity index is 0.985. The van der Waals surface area contributed by atoms with Gasteiger partial charge >= 0.3 is 0 Å². The summed E-state index contributed by atoms with van der Waals surface area (Å²) in [5.74, 6) is 1.36. The van der Waals surface area contributed by atoms with Crippen molar-refractivity contribution in [1.82, 2.24) is 19.0 Å². The molecule has 7 rings (SSSR count). The summed E-state index contributed by atoms with van der Waals surface area (Å²) in [4.78, 5) is 22.6. The summed E-state index contributed by atoms with van der Waals surface area (Å²) < 4.78 is 35.5. The zero-order chi connectivity index (χ0) is 34.7. The standard InChI is InChI=1S/C38H43N5O4S3/c1-39(36(44)34-15-9-19-43(34)50(45,46)32-18-17-29-10-5-6-11-30(29)28-32)38(48)42-25-27-49-37(42)33-14-7-8-16-35(33)47-26-24-40-20-22-41(23-21-40)31-12-3-2-4-13-31/h2-8,10-14,16-18,28,34,37H,9,15,19-27H2,1H3. The highest BCUT2D eigenvalue weighted by Crippen LogP contribution is 2.42. The number of anilines is 1. The molecule has 50 heavy (non-hydrogen) atoms. The minimum Gasteiger partial charge on any atom is -0.492 e. The molecule has 4 aromatic rings. The molecule has 3 fully saturated rings. The fourth-order valence-corrected chi connectivity index (χ4v) is 10.5. The maximum atomic E-state index is 14.0. The highest BCUT2D eigenvalue weighted by atomic mass is 32.2. The van der Waals surface area contributed by atoms with Crippen LogP contribution in [0.15, 0.2) is 102 Å². The molecule has 0 saturated carbocycles. The lowest BCUT2D eigenvalue weighted by atomic mass is 10.1. The molecule has 3 heterocycles. The minimum atomic E-state index is -3.89. The van der Waals surface area contributed by atoms with E-state index in [1.807, 2.05) is 48.5 Å². The molecule has 2 unspecified atom stereocenters. The molecule has 262 valence electrons. The number of carbonyl (C=O) groups excluding carboxylic acids is 1. The summed E-state index contributed by atoms with van der Waals surface area (Å²) >= 11 is 7.73. The summed E-state index contributed by atoms with van der Waals surface area (Å²) in [6.45, 7) is 6.35. The van der Waals surface area contributed by atoms with Gasteiger partial charge in [-0.15, -0.1) is 11.8 Å². The van der Waals surface area contributed by atoms with Crippen LogP contribution in [-0.2, 0) is 14.8 Å². The Labute approximate surface area is 304 Å². The van der Waals surface area contributed by atoms with Crippen LogP contribution in [0.5, 0.6) is 5.75 Å². The second kappa shape index (κ2) is 15.3. The van der Waals surface area contributed by atoms with Crippen LogP contribution in [0.25, 0.3) is 10.8 Å². The van der Waals surface area contributed by atoms with Gasteiger partial charge in [0, 0.05) is 69.9 Å². The van der Waals surface area contributed by atoms with Crippen molar-refractivity contribution in [3.8, 4) is 5.75 Å². The molecule has 0 aromatic heterocycles. The Morgan fingerprint density at radius 3 is 2.40 bits per heavy atom. The minimum absolute atomic E-state index is 0.121. The zero-order valence-electron chi connectivity index (χ0n) is 28.3. The van der Waals surface area contributed by atoms with Gasteiger partial charge in [-0.05, 0) is 66.2 Å². The topological polar surface area (TPSA) is 76.6 Å². The Kier molecular flexibility index (Phi) is 10.6. The van der Waals surface area contributed by atoms with Gasteiger partial charge in [-0.1, -0.05) is 66.7 Å². The molecular weight excluding hydrogens is 687 g/mol. The first-order chi connectivity index (χ1) is 24.3. The molecule has 3 aliphatic heterocycles. The first kappa shape index (κ1) is 34.8. The van der Waals surface area contributed by atoms with Gasteiger partial charge in [-0.2, -0.15) is 4.31 Å². The highest BCUT2D eigenvalue weighted by Gasteiger charge is 2.43. The van der Waals surface area contributed by atoms with Crippen LogP contribution in [-0.4, -0.2) is 110 Å². The van der Waals surface area contributed by atoms with Crippen LogP contribution >= 0.6 is 24.0 Å². The van der Waals surface area contributed by atoms with Crippen LogP contribution in [0.1, 0.15) is 23.8 Å². The van der Waals surface area contributed by atoms with E-state index >= 15 is 0 Å². The predicted octanol–water partition coefficient (Wildman–Crippen LogP) is 5.68. The van der Waals surface area contributed by atoms with Gasteiger partial charge in [0.05, 0.1) is 4.90 Å². The van der Waals surface area contributed by atoms with Gasteiger partial charge in [0.1, 0.15) is 23.8 Å². The number of para-hydroxylation sites is 2. The molecule has 4 aromatic carbocycles. The number of piperazine rings is 1. The lowest BCUT2D eigenvalue weighted by molar-refractivity contribution is -0.130. The number of thioether (sulfide) groups is 1. The molecule has 2 atom stereocenters. The van der Waals surface area contributed by atoms with Crippen LogP contribution in [0.4, 0.5) is 5.69 Å². The Morgan fingerprint density at radius 1 is 0.880 bits per heavy atom. The van der Waals surface area contributed by atoms with E-state index in [9.17, 15) is 13.2 Å². The van der Waals surface area contributed by atoms with Gasteiger partial charge in [0.15, 0.2) is 5.11 Å². The van der Waals surface area contributed by atoms with Gasteiger partial charge in [-0.25, -0.2) is 8.42 Å². The lowest BCUT2D eigenvalue weighted by Crippen LogP contribution is -2.51. The van der Waals surface area contributed by atoms with Crippen molar-refractivity contribution in [2.24, 2.45) is 0 Å². The van der Waals surface area contributed by atoms with E-state index in [4.69, 9.17) is 17.0 Å². The molecule has 0 bridgehead atoms. The van der Waals surface area contributed by atoms with E-state index in [0.29, 0.717) is 37.7 Å². The Morgan fingerprint density at radius 2 is 1.60 bits per heavy atom. The largest absolute Gasteiger partial charge is 0.492 e. The van der Waals surface area contributed by atoms with E-state index in [1.54, 1.807) is 30.9 Å². The molecule has 1 amide bonds. The fraction of sp³-hybridized carbons (Fsp3) is 0.368. The molecule has 0 N–H and O–H groups in total. The highest BCUT2D eigenvalue weighted by molar-refractivity contribution is 7.99. The predicted molar refractivity (Wildman–Crippen MR) is 205 cm³/mol. The van der Waals surface area contributed by atoms with Crippen molar-refractivity contribution < 1.29 is 17.9 Å². The number of sulfonamides is 1. The number of rotatable bonds is 9. The van der Waals surface area contributed by atoms with Crippen molar-refractivity contribution in [1.29, 1.82) is 0 Å². The number of ether oxygens (including phenoxy) is 1. The first-order valence-electron chi connectivity index (χ1n) is 17.3. The molecule has 0 spiro atoms. The smallest absolute Gasteiger partial charge is 0.246 e. The van der Waals surface area contributed by atoms with Gasteiger partial charge < -0.3 is 14.5 Å². The van der Waals surface area contributed by atoms with Crippen molar-refractivity contribution in [2.75, 3.05) is 70.1 Å². The monoisotopic (exact) mass is 729 g/mol. The number of likely N-dealkylation sites (N-methyl/N-ethyl adjacent to an activating group) is 1. The molecule has 9 nitrogen and oxygen atoms in total. The summed E-state index contributed by atoms with van der Waals surface area (Å²) in [6, 6.07) is 30.6. The second-order valence-corrected chi connectivity index (χ2v) is 16.4. The number of hydrogen-bond donors (Lipinski definition) is 0. The number of fused-ring (bicyclic) bond motifs is 1. The van der Waals surface area contributed by atoms with Crippen LogP contribution in [0.3, 0.4) is 0 Å². The zero-order valence-corrected chi connectivity index (χ0v) is 30.7. The molecular formula is C38H43N5O4S3. The third-order valence-corrected chi connectivity index (χ3v) is 13.6. The molecule has 3 saturated heterocycles. The number of nitrogens with zero attached hydrogens (tertiary/aromatic N) is 5. The number of hydrogen-bond acceptors (Lipinski definition) is 8. The van der Waals surface area contributed by atoms with Gasteiger partial charge in [0.25, 0.3) is 0 Å². The average Bonchev–Trinajstić information content (AvgIpc) is 3.86. The molecule has 0 radical (unpaired) electrons. The SMILES string of the molecule is CN(C(=O)C1CCCN1S(=O)(=O)c1ccc2ccccc2c1)C(=S)N1CCSC1c1ccccc1OCCN1CCN(c2ccccc2)CC1. The normalized spacial score (nSPS) is 20.3. The Hall–Kier alpha value is -3.68. The van der Waals surface area contributed by atoms with E-state index in [-0.39, 0.29) is 16.2 Å². The lowest BCUT2D eigenvalue weighted by Gasteiger charge is -2.36. The van der Waals surface area contributed by atoms with Gasteiger partial charge in [-0.3, -0.25) is 14.6 Å². The molecule has 0 aliphatic carbocycles. The summed E-state index contributed by atoms with van der Waals surface area (Å²) in [5.41, 5.74) is 2.29. The van der Waals surface area contributed by atoms with Crippen molar-refractivity contribution in [3.63, 3.8) is 0 Å². The van der Waals surface area contributed by atoms with Crippen LogP contribution in [0, 0.1) is 0 Å². The van der Waals surface area contributed by atoms with Crippen molar-refractivity contribution >= 4 is 61.5 Å². The van der Waals surface area contributed by atoms with E-state index in [0.717, 1.165) is 60.6 Å². The maximum Gasteiger partial charge on any atom is 0.246 e. The summed E-state index contributed by atoms with van der Waals surface area (Å²) in [5, 5.41) is 2.08. The van der Waals surface area contributed by atoms with E-state index in [1.165, 1.54) is 14.9 Å².